The van der Waals surface area contributed by atoms with Crippen LogP contribution in [0.15, 0.2) is 30.5 Å². The highest BCUT2D eigenvalue weighted by molar-refractivity contribution is 6.33. The van der Waals surface area contributed by atoms with Crippen molar-refractivity contribution in [1.82, 2.24) is 4.98 Å². The first-order chi connectivity index (χ1) is 10.7. The molecule has 4 nitrogen and oxygen atoms in total. The van der Waals surface area contributed by atoms with Gasteiger partial charge in [-0.3, -0.25) is 9.78 Å². The molecule has 2 aromatic rings. The number of amides is 1. The smallest absolute Gasteiger partial charge is 0.255 e. The first kappa shape index (κ1) is 16.8. The number of aryl methyl sites for hydroxylation is 1. The molecule has 23 heavy (non-hydrogen) atoms. The Bertz CT molecular complexity index is 801. The van der Waals surface area contributed by atoms with Gasteiger partial charge >= 0.3 is 0 Å². The summed E-state index contributed by atoms with van der Waals surface area (Å²) in [7, 11) is 1.95. The molecule has 0 unspecified atom stereocenters. The number of hydrogen-bond acceptors (Lipinski definition) is 3. The third-order valence-electron chi connectivity index (χ3n) is 3.79. The van der Waals surface area contributed by atoms with Crippen molar-refractivity contribution in [3.8, 4) is 6.07 Å². The summed E-state index contributed by atoms with van der Waals surface area (Å²) in [6, 6.07) is 9.29. The normalized spacial score (nSPS) is 10.9. The Labute approximate surface area is 138 Å². The molecule has 5 heteroatoms. The van der Waals surface area contributed by atoms with E-state index in [1.165, 1.54) is 0 Å². The number of rotatable bonds is 2. The summed E-state index contributed by atoms with van der Waals surface area (Å²) in [6.07, 6.45) is 1.64. The monoisotopic (exact) mass is 305 g/mol. The maximum atomic E-state index is 12.5. The second kappa shape index (κ2) is 6.25. The molecule has 1 amide bonds. The van der Waals surface area contributed by atoms with Gasteiger partial charge in [0.15, 0.2) is 0 Å². The fourth-order valence-corrected chi connectivity index (χ4v) is 2.17. The molecule has 0 spiro atoms. The molecule has 2 rings (SSSR count). The molecule has 0 aliphatic rings. The van der Waals surface area contributed by atoms with E-state index in [1.54, 1.807) is 12.3 Å². The topological polar surface area (TPSA) is 65.8 Å². The van der Waals surface area contributed by atoms with E-state index >= 15 is 0 Å². The van der Waals surface area contributed by atoms with Crippen LogP contribution in [0, 0.1) is 18.3 Å². The SMILES string of the molecule is Bc1cc(NC(=O)c2cc(C#N)cc(C(C)(C)C)c2)cnc1C. The fraction of sp³-hybridized carbons (Fsp3) is 0.278. The van der Waals surface area contributed by atoms with Gasteiger partial charge in [0, 0.05) is 11.3 Å². The van der Waals surface area contributed by atoms with Crippen LogP contribution in [0.2, 0.25) is 0 Å². The zero-order chi connectivity index (χ0) is 17.2. The van der Waals surface area contributed by atoms with Gasteiger partial charge in [0.1, 0.15) is 7.85 Å². The maximum Gasteiger partial charge on any atom is 0.255 e. The zero-order valence-electron chi connectivity index (χ0n) is 14.2. The van der Waals surface area contributed by atoms with Crippen molar-refractivity contribution in [2.75, 3.05) is 5.32 Å². The molecule has 0 saturated carbocycles. The summed E-state index contributed by atoms with van der Waals surface area (Å²) in [5.74, 6) is -0.238. The Kier molecular flexibility index (Phi) is 4.56. The minimum Gasteiger partial charge on any atom is -0.321 e. The Morgan fingerprint density at radius 2 is 1.96 bits per heavy atom. The van der Waals surface area contributed by atoms with Gasteiger partial charge < -0.3 is 5.32 Å². The second-order valence-corrected chi connectivity index (χ2v) is 6.74. The van der Waals surface area contributed by atoms with Gasteiger partial charge in [0.2, 0.25) is 0 Å². The lowest BCUT2D eigenvalue weighted by atomic mass is 9.85. The molecule has 1 aromatic carbocycles. The average Bonchev–Trinajstić information content (AvgIpc) is 2.49. The van der Waals surface area contributed by atoms with Crippen molar-refractivity contribution in [3.05, 3.63) is 52.8 Å². The number of aromatic nitrogens is 1. The molecule has 0 bridgehead atoms. The fourth-order valence-electron chi connectivity index (χ4n) is 2.17. The summed E-state index contributed by atoms with van der Waals surface area (Å²) in [4.78, 5) is 16.8. The first-order valence-electron chi connectivity index (χ1n) is 7.51. The highest BCUT2D eigenvalue weighted by Gasteiger charge is 2.18. The standard InChI is InChI=1S/C18H20BN3O/c1-11-16(19)8-15(10-21-11)22-17(23)13-5-12(9-20)6-14(7-13)18(2,3)4/h5-8,10H,19H2,1-4H3,(H,22,23). The lowest BCUT2D eigenvalue weighted by molar-refractivity contribution is 0.102. The molecule has 1 N–H and O–H groups in total. The van der Waals surface area contributed by atoms with Gasteiger partial charge in [-0.25, -0.2) is 0 Å². The van der Waals surface area contributed by atoms with Gasteiger partial charge in [0.05, 0.1) is 23.5 Å². The Balaban J connectivity index is 2.35. The number of nitriles is 1. The minimum atomic E-state index is -0.238. The highest BCUT2D eigenvalue weighted by Crippen LogP contribution is 2.25. The Morgan fingerprint density at radius 3 is 2.52 bits per heavy atom. The number of carbonyl (C=O) groups is 1. The van der Waals surface area contributed by atoms with E-state index in [4.69, 9.17) is 0 Å². The van der Waals surface area contributed by atoms with Gasteiger partial charge in [-0.1, -0.05) is 26.2 Å². The molecule has 0 saturated heterocycles. The second-order valence-electron chi connectivity index (χ2n) is 6.74. The van der Waals surface area contributed by atoms with Crippen molar-refractivity contribution in [1.29, 1.82) is 5.26 Å². The van der Waals surface area contributed by atoms with Crippen molar-refractivity contribution in [3.63, 3.8) is 0 Å². The number of nitrogens with one attached hydrogen (secondary N) is 1. The van der Waals surface area contributed by atoms with Crippen LogP contribution in [-0.4, -0.2) is 18.7 Å². The quantitative estimate of drug-likeness (QED) is 0.864. The molecular formula is C18H20BN3O. The van der Waals surface area contributed by atoms with Crippen molar-refractivity contribution in [2.45, 2.75) is 33.1 Å². The maximum absolute atomic E-state index is 12.5. The number of carbonyl (C=O) groups excluding carboxylic acids is 1. The van der Waals surface area contributed by atoms with Crippen LogP contribution in [0.4, 0.5) is 5.69 Å². The molecule has 0 atom stereocenters. The van der Waals surface area contributed by atoms with Gasteiger partial charge in [0.25, 0.3) is 5.91 Å². The van der Waals surface area contributed by atoms with E-state index in [2.05, 4.69) is 37.1 Å². The van der Waals surface area contributed by atoms with E-state index in [1.807, 2.05) is 33.0 Å². The van der Waals surface area contributed by atoms with Crippen molar-refractivity contribution < 1.29 is 4.79 Å². The summed E-state index contributed by atoms with van der Waals surface area (Å²) >= 11 is 0. The third-order valence-corrected chi connectivity index (χ3v) is 3.79. The van der Waals surface area contributed by atoms with E-state index in [0.29, 0.717) is 16.8 Å². The van der Waals surface area contributed by atoms with Gasteiger partial charge in [-0.15, -0.1) is 0 Å². The lowest BCUT2D eigenvalue weighted by Crippen LogP contribution is -2.18. The molecule has 0 radical (unpaired) electrons. The summed E-state index contributed by atoms with van der Waals surface area (Å²) in [6.45, 7) is 8.09. The molecule has 0 aliphatic carbocycles. The van der Waals surface area contributed by atoms with Crippen LogP contribution in [0.25, 0.3) is 0 Å². The van der Waals surface area contributed by atoms with E-state index in [0.717, 1.165) is 16.7 Å². The van der Waals surface area contributed by atoms with Crippen LogP contribution in [0.1, 0.15) is 48.0 Å². The van der Waals surface area contributed by atoms with E-state index in [-0.39, 0.29) is 11.3 Å². The minimum absolute atomic E-state index is 0.135. The van der Waals surface area contributed by atoms with E-state index in [9.17, 15) is 10.1 Å². The zero-order valence-corrected chi connectivity index (χ0v) is 14.2. The predicted molar refractivity (Wildman–Crippen MR) is 95.0 cm³/mol. The third kappa shape index (κ3) is 3.98. The molecular weight excluding hydrogens is 285 g/mol. The molecule has 0 aliphatic heterocycles. The van der Waals surface area contributed by atoms with Crippen molar-refractivity contribution >= 4 is 24.9 Å². The summed E-state index contributed by atoms with van der Waals surface area (Å²) in [5, 5.41) is 12.0. The highest BCUT2D eigenvalue weighted by atomic mass is 16.1. The molecule has 116 valence electrons. The van der Waals surface area contributed by atoms with Crippen LogP contribution >= 0.6 is 0 Å². The Morgan fingerprint density at radius 1 is 1.26 bits per heavy atom. The van der Waals surface area contributed by atoms with Crippen LogP contribution < -0.4 is 10.8 Å². The van der Waals surface area contributed by atoms with Crippen LogP contribution in [0.3, 0.4) is 0 Å². The first-order valence-corrected chi connectivity index (χ1v) is 7.51. The molecule has 0 fully saturated rings. The summed E-state index contributed by atoms with van der Waals surface area (Å²) in [5.41, 5.74) is 4.39. The van der Waals surface area contributed by atoms with E-state index < -0.39 is 0 Å². The largest absolute Gasteiger partial charge is 0.321 e. The Hall–Kier alpha value is -2.61. The number of benzene rings is 1. The predicted octanol–water partition coefficient (Wildman–Crippen LogP) is 2.07. The lowest BCUT2D eigenvalue weighted by Gasteiger charge is -2.20. The molecule has 1 aromatic heterocycles. The average molecular weight is 305 g/mol. The van der Waals surface area contributed by atoms with Gasteiger partial charge in [-0.2, -0.15) is 5.26 Å². The van der Waals surface area contributed by atoms with Crippen LogP contribution in [-0.2, 0) is 5.41 Å². The van der Waals surface area contributed by atoms with Crippen LogP contribution in [0.5, 0.6) is 0 Å². The number of pyridine rings is 1. The number of nitrogens with zero attached hydrogens (tertiary/aromatic N) is 2. The summed E-state index contributed by atoms with van der Waals surface area (Å²) < 4.78 is 0. The number of hydrogen-bond donors (Lipinski definition) is 1. The van der Waals surface area contributed by atoms with Crippen molar-refractivity contribution in [2.24, 2.45) is 0 Å². The van der Waals surface area contributed by atoms with Gasteiger partial charge in [-0.05, 0) is 42.2 Å². The molecule has 1 heterocycles. The number of anilines is 1.